The van der Waals surface area contributed by atoms with Crippen LogP contribution in [0.15, 0.2) is 23.2 Å². The molecule has 0 bridgehead atoms. The Morgan fingerprint density at radius 3 is 2.87 bits per heavy atom. The van der Waals surface area contributed by atoms with E-state index in [0.717, 1.165) is 12.1 Å². The molecule has 1 aliphatic rings. The Bertz CT molecular complexity index is 385. The van der Waals surface area contributed by atoms with Crippen LogP contribution in [-0.2, 0) is 6.54 Å². The van der Waals surface area contributed by atoms with E-state index < -0.39 is 0 Å². The minimum Gasteiger partial charge on any atom is -0.316 e. The summed E-state index contributed by atoms with van der Waals surface area (Å²) >= 11 is 0. The van der Waals surface area contributed by atoms with Gasteiger partial charge in [-0.05, 0) is 28.7 Å². The molecule has 2 rings (SSSR count). The minimum absolute atomic E-state index is 0.00991. The van der Waals surface area contributed by atoms with Crippen LogP contribution in [0.25, 0.3) is 0 Å². The minimum atomic E-state index is -0.00991. The number of benzene rings is 1. The number of hydrogen-bond acceptors (Lipinski definition) is 3. The Hall–Kier alpha value is -1.19. The molecule has 0 saturated heterocycles. The second-order valence-electron chi connectivity index (χ2n) is 4.28. The third-order valence-electron chi connectivity index (χ3n) is 2.83. The molecular weight excluding hydrogens is 188 g/mol. The van der Waals surface area contributed by atoms with Crippen LogP contribution >= 0.6 is 0 Å². The molecule has 1 aromatic rings. The molecule has 1 aromatic carbocycles. The molecule has 1 heterocycles. The molecule has 0 aliphatic carbocycles. The van der Waals surface area contributed by atoms with Gasteiger partial charge in [0.15, 0.2) is 0 Å². The molecule has 0 amide bonds. The van der Waals surface area contributed by atoms with Crippen molar-refractivity contribution in [2.45, 2.75) is 26.4 Å². The Morgan fingerprint density at radius 2 is 2.20 bits per heavy atom. The summed E-state index contributed by atoms with van der Waals surface area (Å²) in [7, 11) is 0. The quantitative estimate of drug-likeness (QED) is 0.742. The summed E-state index contributed by atoms with van der Waals surface area (Å²) < 4.78 is 0. The first-order valence-corrected chi connectivity index (χ1v) is 5.24. The van der Waals surface area contributed by atoms with Gasteiger partial charge in [-0.15, -0.1) is 0 Å². The smallest absolute Gasteiger partial charge is 0.0646 e. The fraction of sp³-hybridized carbons (Fsp3) is 0.417. The highest BCUT2D eigenvalue weighted by Crippen LogP contribution is 2.24. The number of rotatable bonds is 3. The van der Waals surface area contributed by atoms with Gasteiger partial charge in [-0.25, -0.2) is 0 Å². The van der Waals surface area contributed by atoms with Crippen LogP contribution < -0.4 is 5.48 Å². The van der Waals surface area contributed by atoms with Crippen molar-refractivity contribution < 1.29 is 5.21 Å². The zero-order chi connectivity index (χ0) is 10.8. The predicted molar refractivity (Wildman–Crippen MR) is 60.2 cm³/mol. The molecule has 0 spiro atoms. The van der Waals surface area contributed by atoms with Crippen LogP contribution in [0.3, 0.4) is 0 Å². The molecule has 15 heavy (non-hydrogen) atoms. The molecule has 3 nitrogen and oxygen atoms in total. The fourth-order valence-electron chi connectivity index (χ4n) is 1.92. The number of nitrogens with one attached hydrogen (secondary N) is 1. The second kappa shape index (κ2) is 4.13. The molecular formula is C12H16N2O. The zero-order valence-corrected chi connectivity index (χ0v) is 9.07. The molecule has 0 saturated carbocycles. The Labute approximate surface area is 89.8 Å². The molecule has 1 unspecified atom stereocenters. The van der Waals surface area contributed by atoms with Crippen molar-refractivity contribution >= 4 is 6.21 Å². The van der Waals surface area contributed by atoms with Crippen molar-refractivity contribution in [1.82, 2.24) is 5.48 Å². The van der Waals surface area contributed by atoms with Crippen LogP contribution in [0.4, 0.5) is 0 Å². The Morgan fingerprint density at radius 1 is 1.40 bits per heavy atom. The van der Waals surface area contributed by atoms with Gasteiger partial charge in [-0.2, -0.15) is 5.48 Å². The van der Waals surface area contributed by atoms with Crippen LogP contribution in [0.2, 0.25) is 0 Å². The number of hydroxylamine groups is 1. The van der Waals surface area contributed by atoms with E-state index >= 15 is 0 Å². The molecule has 3 heteroatoms. The van der Waals surface area contributed by atoms with E-state index in [4.69, 9.17) is 5.21 Å². The summed E-state index contributed by atoms with van der Waals surface area (Å²) in [5.74, 6) is 0.353. The highest BCUT2D eigenvalue weighted by Gasteiger charge is 2.16. The van der Waals surface area contributed by atoms with E-state index in [1.54, 1.807) is 0 Å². The van der Waals surface area contributed by atoms with Crippen LogP contribution in [-0.4, -0.2) is 11.4 Å². The van der Waals surface area contributed by atoms with Crippen molar-refractivity contribution in [3.05, 3.63) is 34.9 Å². The van der Waals surface area contributed by atoms with Crippen LogP contribution in [0.1, 0.15) is 36.6 Å². The lowest BCUT2D eigenvalue weighted by Gasteiger charge is -2.19. The maximum absolute atomic E-state index is 9.11. The van der Waals surface area contributed by atoms with E-state index in [0.29, 0.717) is 5.92 Å². The topological polar surface area (TPSA) is 44.6 Å². The van der Waals surface area contributed by atoms with E-state index in [-0.39, 0.29) is 6.04 Å². The lowest BCUT2D eigenvalue weighted by atomic mass is 9.94. The number of aliphatic imine (C=N–C) groups is 1. The van der Waals surface area contributed by atoms with Gasteiger partial charge in [0, 0.05) is 6.21 Å². The van der Waals surface area contributed by atoms with Gasteiger partial charge in [-0.3, -0.25) is 4.99 Å². The number of hydrogen-bond donors (Lipinski definition) is 2. The normalized spacial score (nSPS) is 15.7. The second-order valence-corrected chi connectivity index (χ2v) is 4.28. The monoisotopic (exact) mass is 204 g/mol. The lowest BCUT2D eigenvalue weighted by molar-refractivity contribution is 0.105. The van der Waals surface area contributed by atoms with Gasteiger partial charge in [0.25, 0.3) is 0 Å². The van der Waals surface area contributed by atoms with Gasteiger partial charge < -0.3 is 5.21 Å². The molecule has 1 aliphatic heterocycles. The lowest BCUT2D eigenvalue weighted by Crippen LogP contribution is -2.22. The van der Waals surface area contributed by atoms with Crippen LogP contribution in [0, 0.1) is 5.92 Å². The van der Waals surface area contributed by atoms with Gasteiger partial charge in [0.05, 0.1) is 12.6 Å². The van der Waals surface area contributed by atoms with E-state index in [2.05, 4.69) is 42.5 Å². The first-order chi connectivity index (χ1) is 7.22. The van der Waals surface area contributed by atoms with Crippen molar-refractivity contribution in [3.63, 3.8) is 0 Å². The average Bonchev–Trinajstić information content (AvgIpc) is 2.65. The van der Waals surface area contributed by atoms with Gasteiger partial charge in [0.1, 0.15) is 0 Å². The highest BCUT2D eigenvalue weighted by molar-refractivity contribution is 5.84. The number of nitrogens with zero attached hydrogens (tertiary/aromatic N) is 1. The van der Waals surface area contributed by atoms with Crippen molar-refractivity contribution in [3.8, 4) is 0 Å². The third-order valence-corrected chi connectivity index (χ3v) is 2.83. The van der Waals surface area contributed by atoms with Crippen molar-refractivity contribution in [2.24, 2.45) is 10.9 Å². The SMILES string of the molecule is CC(C)C(NO)c1ccc2c(c1)C=NC2. The Kier molecular flexibility index (Phi) is 2.84. The van der Waals surface area contributed by atoms with E-state index in [1.807, 2.05) is 6.21 Å². The fourth-order valence-corrected chi connectivity index (χ4v) is 1.92. The highest BCUT2D eigenvalue weighted by atomic mass is 16.5. The first kappa shape index (κ1) is 10.3. The maximum atomic E-state index is 9.11. The first-order valence-electron chi connectivity index (χ1n) is 5.24. The molecule has 0 fully saturated rings. The predicted octanol–water partition coefficient (Wildman–Crippen LogP) is 2.29. The van der Waals surface area contributed by atoms with Gasteiger partial charge >= 0.3 is 0 Å². The summed E-state index contributed by atoms with van der Waals surface area (Å²) in [5.41, 5.74) is 5.91. The molecule has 80 valence electrons. The van der Waals surface area contributed by atoms with Crippen molar-refractivity contribution in [1.29, 1.82) is 0 Å². The summed E-state index contributed by atoms with van der Waals surface area (Å²) in [5, 5.41) is 9.11. The molecule has 0 aromatic heterocycles. The van der Waals surface area contributed by atoms with Gasteiger partial charge in [0.2, 0.25) is 0 Å². The van der Waals surface area contributed by atoms with Crippen LogP contribution in [0.5, 0.6) is 0 Å². The van der Waals surface area contributed by atoms with E-state index in [9.17, 15) is 0 Å². The largest absolute Gasteiger partial charge is 0.316 e. The molecule has 0 radical (unpaired) electrons. The van der Waals surface area contributed by atoms with Gasteiger partial charge in [-0.1, -0.05) is 26.0 Å². The summed E-state index contributed by atoms with van der Waals surface area (Å²) in [6.45, 7) is 4.94. The third kappa shape index (κ3) is 1.94. The van der Waals surface area contributed by atoms with E-state index in [1.165, 1.54) is 11.1 Å². The summed E-state index contributed by atoms with van der Waals surface area (Å²) in [6.07, 6.45) is 1.90. The summed E-state index contributed by atoms with van der Waals surface area (Å²) in [4.78, 5) is 4.21. The zero-order valence-electron chi connectivity index (χ0n) is 9.07. The maximum Gasteiger partial charge on any atom is 0.0646 e. The average molecular weight is 204 g/mol. The number of fused-ring (bicyclic) bond motifs is 1. The Balaban J connectivity index is 2.32. The summed E-state index contributed by atoms with van der Waals surface area (Å²) in [6, 6.07) is 6.23. The van der Waals surface area contributed by atoms with Crippen molar-refractivity contribution in [2.75, 3.05) is 0 Å². The molecule has 2 N–H and O–H groups in total. The standard InChI is InChI=1S/C12H16N2O/c1-8(2)12(14-15)9-3-4-10-6-13-7-11(10)5-9/h3-5,7-8,12,14-15H,6H2,1-2H3. The molecule has 1 atom stereocenters.